The van der Waals surface area contributed by atoms with Gasteiger partial charge in [-0.1, -0.05) is 19.9 Å². The summed E-state index contributed by atoms with van der Waals surface area (Å²) in [7, 11) is 3.91. The number of amides is 2. The molecule has 0 saturated carbocycles. The predicted octanol–water partition coefficient (Wildman–Crippen LogP) is 4.24. The highest BCUT2D eigenvalue weighted by atomic mass is 32.2. The van der Waals surface area contributed by atoms with Crippen LogP contribution >= 0.6 is 23.1 Å². The largest absolute Gasteiger partial charge is 0.378 e. The normalized spacial score (nSPS) is 14.8. The number of anilines is 2. The third-order valence-electron chi connectivity index (χ3n) is 3.79. The van der Waals surface area contributed by atoms with Crippen molar-refractivity contribution in [3.8, 4) is 0 Å². The minimum Gasteiger partial charge on any atom is -0.378 e. The molecule has 0 fully saturated rings. The first kappa shape index (κ1) is 17.8. The number of thioether (sulfide) groups is 1. The van der Waals surface area contributed by atoms with Crippen LogP contribution in [0.1, 0.15) is 18.7 Å². The molecule has 25 heavy (non-hydrogen) atoms. The molecule has 1 aromatic carbocycles. The van der Waals surface area contributed by atoms with Crippen LogP contribution < -0.4 is 9.80 Å². The maximum absolute atomic E-state index is 13.1. The van der Waals surface area contributed by atoms with Gasteiger partial charge in [0.05, 0.1) is 16.2 Å². The van der Waals surface area contributed by atoms with Crippen molar-refractivity contribution in [2.75, 3.05) is 23.9 Å². The lowest BCUT2D eigenvalue weighted by atomic mass is 10.2. The minimum atomic E-state index is -0.242. The van der Waals surface area contributed by atoms with E-state index in [0.29, 0.717) is 16.2 Å². The Balaban J connectivity index is 2.02. The maximum atomic E-state index is 13.1. The highest BCUT2D eigenvalue weighted by Gasteiger charge is 2.40. The second-order valence-corrected chi connectivity index (χ2v) is 8.74. The molecular weight excluding hydrogens is 352 g/mol. The lowest BCUT2D eigenvalue weighted by Crippen LogP contribution is -2.31. The fraction of sp³-hybridized carbons (Fsp3) is 0.263. The zero-order valence-electron chi connectivity index (χ0n) is 14.6. The van der Waals surface area contributed by atoms with Crippen LogP contribution in [0.4, 0.5) is 11.4 Å². The third-order valence-corrected chi connectivity index (χ3v) is 5.76. The second-order valence-electron chi connectivity index (χ2n) is 6.20. The molecule has 0 bridgehead atoms. The van der Waals surface area contributed by atoms with Crippen LogP contribution in [0.5, 0.6) is 0 Å². The smallest absolute Gasteiger partial charge is 0.272 e. The number of carbonyl (C=O) groups is 2. The molecule has 1 aromatic heterocycles. The van der Waals surface area contributed by atoms with Gasteiger partial charge in [0.1, 0.15) is 0 Å². The molecule has 0 unspecified atom stereocenters. The molecule has 0 aliphatic carbocycles. The Morgan fingerprint density at radius 1 is 1.04 bits per heavy atom. The number of carbonyl (C=O) groups excluding carboxylic acids is 2. The van der Waals surface area contributed by atoms with Crippen molar-refractivity contribution in [2.45, 2.75) is 19.1 Å². The summed E-state index contributed by atoms with van der Waals surface area (Å²) in [6, 6.07) is 11.3. The summed E-state index contributed by atoms with van der Waals surface area (Å²) in [5.74, 6) is -0.474. The Hall–Kier alpha value is -2.05. The first-order valence-electron chi connectivity index (χ1n) is 8.01. The van der Waals surface area contributed by atoms with Crippen LogP contribution in [-0.2, 0) is 9.59 Å². The Kier molecular flexibility index (Phi) is 5.01. The molecule has 3 rings (SSSR count). The van der Waals surface area contributed by atoms with E-state index in [1.54, 1.807) is 0 Å². The van der Waals surface area contributed by atoms with Gasteiger partial charge in [0.15, 0.2) is 0 Å². The van der Waals surface area contributed by atoms with Crippen LogP contribution in [0.2, 0.25) is 0 Å². The SMILES string of the molecule is CC(C)SC1=C(c2cccs2)C(=O)N(c2ccc(N(C)C)cc2)C1=O. The molecule has 0 atom stereocenters. The van der Waals surface area contributed by atoms with Crippen molar-refractivity contribution in [2.24, 2.45) is 0 Å². The Labute approximate surface area is 156 Å². The van der Waals surface area contributed by atoms with Crippen molar-refractivity contribution < 1.29 is 9.59 Å². The molecule has 4 nitrogen and oxygen atoms in total. The van der Waals surface area contributed by atoms with Gasteiger partial charge in [-0.15, -0.1) is 23.1 Å². The molecule has 0 radical (unpaired) electrons. The zero-order chi connectivity index (χ0) is 18.1. The van der Waals surface area contributed by atoms with Gasteiger partial charge in [-0.3, -0.25) is 9.59 Å². The summed E-state index contributed by atoms with van der Waals surface area (Å²) in [6.45, 7) is 4.05. The van der Waals surface area contributed by atoms with Crippen molar-refractivity contribution in [3.05, 3.63) is 51.6 Å². The number of benzene rings is 1. The summed E-state index contributed by atoms with van der Waals surface area (Å²) in [5, 5.41) is 2.14. The van der Waals surface area contributed by atoms with Gasteiger partial charge in [-0.2, -0.15) is 0 Å². The van der Waals surface area contributed by atoms with Gasteiger partial charge >= 0.3 is 0 Å². The molecule has 0 spiro atoms. The number of rotatable bonds is 5. The fourth-order valence-electron chi connectivity index (χ4n) is 2.63. The molecule has 1 aliphatic heterocycles. The van der Waals surface area contributed by atoms with Crippen molar-refractivity contribution in [3.63, 3.8) is 0 Å². The number of hydrogen-bond donors (Lipinski definition) is 0. The average molecular weight is 373 g/mol. The van der Waals surface area contributed by atoms with Gasteiger partial charge in [0.25, 0.3) is 11.8 Å². The van der Waals surface area contributed by atoms with Gasteiger partial charge in [0, 0.05) is 29.9 Å². The second kappa shape index (κ2) is 7.06. The molecule has 1 aliphatic rings. The third kappa shape index (κ3) is 3.37. The van der Waals surface area contributed by atoms with Crippen LogP contribution in [0, 0.1) is 0 Å². The summed E-state index contributed by atoms with van der Waals surface area (Å²) in [5.41, 5.74) is 2.15. The Morgan fingerprint density at radius 2 is 1.72 bits per heavy atom. The van der Waals surface area contributed by atoms with E-state index in [1.807, 2.05) is 74.6 Å². The topological polar surface area (TPSA) is 40.6 Å². The van der Waals surface area contributed by atoms with Crippen LogP contribution in [-0.4, -0.2) is 31.2 Å². The first-order chi connectivity index (χ1) is 11.9. The lowest BCUT2D eigenvalue weighted by molar-refractivity contribution is -0.119. The standard InChI is InChI=1S/C19H20N2O2S2/c1-12(2)25-17-16(15-6-5-11-24-15)18(22)21(19(17)23)14-9-7-13(8-10-14)20(3)4/h5-12H,1-4H3. The highest BCUT2D eigenvalue weighted by molar-refractivity contribution is 8.04. The van der Waals surface area contributed by atoms with E-state index in [1.165, 1.54) is 28.0 Å². The first-order valence-corrected chi connectivity index (χ1v) is 9.77. The average Bonchev–Trinajstić information content (AvgIpc) is 3.15. The Morgan fingerprint density at radius 3 is 2.24 bits per heavy atom. The van der Waals surface area contributed by atoms with E-state index in [9.17, 15) is 9.59 Å². The van der Waals surface area contributed by atoms with E-state index in [0.717, 1.165) is 10.6 Å². The highest BCUT2D eigenvalue weighted by Crippen LogP contribution is 2.41. The van der Waals surface area contributed by atoms with Gasteiger partial charge in [-0.25, -0.2) is 4.90 Å². The number of imide groups is 1. The van der Waals surface area contributed by atoms with E-state index >= 15 is 0 Å². The number of nitrogens with zero attached hydrogens (tertiary/aromatic N) is 2. The molecule has 0 N–H and O–H groups in total. The van der Waals surface area contributed by atoms with E-state index in [4.69, 9.17) is 0 Å². The van der Waals surface area contributed by atoms with Gasteiger partial charge in [-0.05, 0) is 35.7 Å². The molecule has 6 heteroatoms. The van der Waals surface area contributed by atoms with Crippen LogP contribution in [0.25, 0.3) is 5.57 Å². The van der Waals surface area contributed by atoms with Crippen molar-refractivity contribution >= 4 is 51.9 Å². The Bertz CT molecular complexity index is 822. The van der Waals surface area contributed by atoms with Gasteiger partial charge < -0.3 is 4.90 Å². The van der Waals surface area contributed by atoms with E-state index in [2.05, 4.69) is 0 Å². The van der Waals surface area contributed by atoms with Crippen LogP contribution in [0.3, 0.4) is 0 Å². The zero-order valence-corrected chi connectivity index (χ0v) is 16.3. The summed E-state index contributed by atoms with van der Waals surface area (Å²) < 4.78 is 0. The summed E-state index contributed by atoms with van der Waals surface area (Å²) >= 11 is 2.94. The van der Waals surface area contributed by atoms with Crippen LogP contribution in [0.15, 0.2) is 46.7 Å². The molecule has 0 saturated heterocycles. The number of thiophene rings is 1. The molecule has 2 amide bonds. The lowest BCUT2D eigenvalue weighted by Gasteiger charge is -2.18. The predicted molar refractivity (Wildman–Crippen MR) is 107 cm³/mol. The van der Waals surface area contributed by atoms with Crippen molar-refractivity contribution in [1.29, 1.82) is 0 Å². The number of hydrogen-bond acceptors (Lipinski definition) is 5. The molecule has 130 valence electrons. The minimum absolute atomic E-state index is 0.220. The summed E-state index contributed by atoms with van der Waals surface area (Å²) in [4.78, 5) is 30.7. The molecular formula is C19H20N2O2S2. The molecule has 2 aromatic rings. The monoisotopic (exact) mass is 372 g/mol. The quantitative estimate of drug-likeness (QED) is 0.736. The maximum Gasteiger partial charge on any atom is 0.272 e. The fourth-order valence-corrected chi connectivity index (χ4v) is 4.44. The summed E-state index contributed by atoms with van der Waals surface area (Å²) in [6.07, 6.45) is 0. The van der Waals surface area contributed by atoms with Crippen molar-refractivity contribution in [1.82, 2.24) is 0 Å². The van der Waals surface area contributed by atoms with E-state index < -0.39 is 0 Å². The van der Waals surface area contributed by atoms with Gasteiger partial charge in [0.2, 0.25) is 0 Å². The van der Waals surface area contributed by atoms with E-state index in [-0.39, 0.29) is 17.1 Å². The molecule has 2 heterocycles.